The highest BCUT2D eigenvalue weighted by atomic mass is 16.2. The van der Waals surface area contributed by atoms with Gasteiger partial charge in [-0.3, -0.25) is 4.79 Å². The van der Waals surface area contributed by atoms with E-state index in [2.05, 4.69) is 31.4 Å². The summed E-state index contributed by atoms with van der Waals surface area (Å²) in [5.41, 5.74) is 0.859. The van der Waals surface area contributed by atoms with Crippen LogP contribution in [0.3, 0.4) is 0 Å². The van der Waals surface area contributed by atoms with Crippen LogP contribution in [-0.4, -0.2) is 25.0 Å². The lowest BCUT2D eigenvalue weighted by atomic mass is 9.29. The van der Waals surface area contributed by atoms with Gasteiger partial charge in [0.25, 0.3) is 0 Å². The molecule has 2 bridgehead atoms. The predicted molar refractivity (Wildman–Crippen MR) is 88.4 cm³/mol. The fraction of sp³-hybridized carbons (Fsp3) is 0.947. The summed E-state index contributed by atoms with van der Waals surface area (Å²) < 4.78 is 0. The van der Waals surface area contributed by atoms with E-state index in [0.29, 0.717) is 22.8 Å². The molecule has 3 unspecified atom stereocenters. The van der Waals surface area contributed by atoms with E-state index in [1.165, 1.54) is 38.8 Å². The van der Waals surface area contributed by atoms with E-state index >= 15 is 0 Å². The maximum absolute atomic E-state index is 12.8. The van der Waals surface area contributed by atoms with Crippen LogP contribution in [0.5, 0.6) is 0 Å². The summed E-state index contributed by atoms with van der Waals surface area (Å²) in [6.45, 7) is 9.38. The Bertz CT molecular complexity index is 459. The van der Waals surface area contributed by atoms with E-state index in [0.717, 1.165) is 31.1 Å². The maximum atomic E-state index is 12.8. The first kappa shape index (κ1) is 15.0. The standard InChI is InChI=1S/C19H32N2O/c1-17(2,3)19-10-18(11-19,12-19)16(22)21-15-5-4-14-9-20-7-6-13(14)8-15/h13-15,20H,4-12H2,1-3H3,(H,21,22). The molecule has 0 radical (unpaired) electrons. The minimum absolute atomic E-state index is 0.0260. The van der Waals surface area contributed by atoms with Crippen molar-refractivity contribution < 1.29 is 4.79 Å². The van der Waals surface area contributed by atoms with Crippen LogP contribution in [0.2, 0.25) is 0 Å². The molecular formula is C19H32N2O. The van der Waals surface area contributed by atoms with E-state index < -0.39 is 0 Å². The Morgan fingerprint density at radius 2 is 1.82 bits per heavy atom. The average molecular weight is 304 g/mol. The molecule has 5 fully saturated rings. The number of rotatable bonds is 2. The van der Waals surface area contributed by atoms with Crippen molar-refractivity contribution in [3.05, 3.63) is 0 Å². The van der Waals surface area contributed by atoms with Gasteiger partial charge in [-0.15, -0.1) is 0 Å². The van der Waals surface area contributed by atoms with Gasteiger partial charge in [0.15, 0.2) is 0 Å². The molecule has 3 nitrogen and oxygen atoms in total. The van der Waals surface area contributed by atoms with E-state index in [1.807, 2.05) is 0 Å². The fourth-order valence-corrected chi connectivity index (χ4v) is 5.82. The van der Waals surface area contributed by atoms with Gasteiger partial charge < -0.3 is 10.6 Å². The predicted octanol–water partition coefficient (Wildman–Crippen LogP) is 3.10. The number of carbonyl (C=O) groups is 1. The molecule has 0 aromatic heterocycles. The molecule has 2 N–H and O–H groups in total. The van der Waals surface area contributed by atoms with Crippen molar-refractivity contribution in [2.45, 2.75) is 71.8 Å². The second-order valence-corrected chi connectivity index (χ2v) is 9.84. The van der Waals surface area contributed by atoms with Crippen molar-refractivity contribution in [1.29, 1.82) is 0 Å². The van der Waals surface area contributed by atoms with Crippen molar-refractivity contribution in [1.82, 2.24) is 10.6 Å². The molecule has 1 amide bonds. The van der Waals surface area contributed by atoms with Gasteiger partial charge in [-0.25, -0.2) is 0 Å². The van der Waals surface area contributed by atoms with Gasteiger partial charge in [-0.1, -0.05) is 20.8 Å². The van der Waals surface area contributed by atoms with Crippen LogP contribution < -0.4 is 10.6 Å². The summed E-state index contributed by atoms with van der Waals surface area (Å²) in [7, 11) is 0. The number of amides is 1. The van der Waals surface area contributed by atoms with Crippen LogP contribution in [0.1, 0.15) is 65.7 Å². The van der Waals surface area contributed by atoms with E-state index in [9.17, 15) is 4.79 Å². The molecule has 5 rings (SSSR count). The van der Waals surface area contributed by atoms with Crippen molar-refractivity contribution in [3.8, 4) is 0 Å². The first-order valence-corrected chi connectivity index (χ1v) is 9.35. The Labute approximate surface area is 135 Å². The number of hydrogen-bond donors (Lipinski definition) is 2. The van der Waals surface area contributed by atoms with Crippen LogP contribution in [-0.2, 0) is 4.79 Å². The first-order valence-electron chi connectivity index (χ1n) is 9.35. The Morgan fingerprint density at radius 3 is 2.50 bits per heavy atom. The highest BCUT2D eigenvalue weighted by molar-refractivity contribution is 5.86. The third kappa shape index (κ3) is 2.07. The van der Waals surface area contributed by atoms with Crippen molar-refractivity contribution in [3.63, 3.8) is 0 Å². The van der Waals surface area contributed by atoms with E-state index in [4.69, 9.17) is 0 Å². The normalized spacial score (nSPS) is 47.0. The zero-order chi connectivity index (χ0) is 15.6. The summed E-state index contributed by atoms with van der Waals surface area (Å²) in [6.07, 6.45) is 8.42. The molecule has 3 heteroatoms. The minimum atomic E-state index is 0.0260. The van der Waals surface area contributed by atoms with Crippen LogP contribution in [0.25, 0.3) is 0 Å². The Kier molecular flexibility index (Phi) is 3.21. The number of fused-ring (bicyclic) bond motifs is 1. The summed E-state index contributed by atoms with van der Waals surface area (Å²) in [5, 5.41) is 6.96. The van der Waals surface area contributed by atoms with Gasteiger partial charge in [0, 0.05) is 6.04 Å². The summed E-state index contributed by atoms with van der Waals surface area (Å²) >= 11 is 0. The zero-order valence-electron chi connectivity index (χ0n) is 14.5. The molecular weight excluding hydrogens is 272 g/mol. The largest absolute Gasteiger partial charge is 0.353 e. The highest BCUT2D eigenvalue weighted by Gasteiger charge is 2.74. The maximum Gasteiger partial charge on any atom is 0.226 e. The smallest absolute Gasteiger partial charge is 0.226 e. The Hall–Kier alpha value is -0.570. The van der Waals surface area contributed by atoms with Crippen LogP contribution in [0.4, 0.5) is 0 Å². The lowest BCUT2D eigenvalue weighted by molar-refractivity contribution is -0.249. The molecule has 4 saturated carbocycles. The van der Waals surface area contributed by atoms with E-state index in [1.54, 1.807) is 0 Å². The van der Waals surface area contributed by atoms with Crippen LogP contribution >= 0.6 is 0 Å². The quantitative estimate of drug-likeness (QED) is 0.823. The second-order valence-electron chi connectivity index (χ2n) is 9.84. The molecule has 5 aliphatic rings. The topological polar surface area (TPSA) is 41.1 Å². The average Bonchev–Trinajstić information content (AvgIpc) is 2.33. The molecule has 4 aliphatic carbocycles. The summed E-state index contributed by atoms with van der Waals surface area (Å²) in [6, 6.07) is 0.450. The number of carbonyl (C=O) groups excluding carboxylic acids is 1. The molecule has 1 heterocycles. The molecule has 0 spiro atoms. The number of hydrogen-bond acceptors (Lipinski definition) is 2. The molecule has 124 valence electrons. The van der Waals surface area contributed by atoms with Gasteiger partial charge >= 0.3 is 0 Å². The summed E-state index contributed by atoms with van der Waals surface area (Å²) in [5.74, 6) is 2.09. The fourth-order valence-electron chi connectivity index (χ4n) is 5.82. The van der Waals surface area contributed by atoms with Gasteiger partial charge in [0.05, 0.1) is 5.41 Å². The third-order valence-corrected chi connectivity index (χ3v) is 7.68. The molecule has 1 saturated heterocycles. The van der Waals surface area contributed by atoms with Gasteiger partial charge in [0.2, 0.25) is 5.91 Å². The van der Waals surface area contributed by atoms with Crippen molar-refractivity contribution >= 4 is 5.91 Å². The SMILES string of the molecule is CC(C)(C)C12CC(C(=O)NC3CCC4CNCCC4C3)(C1)C2. The Balaban J connectivity index is 1.31. The van der Waals surface area contributed by atoms with Crippen LogP contribution in [0, 0.1) is 28.1 Å². The molecule has 3 atom stereocenters. The second kappa shape index (κ2) is 4.72. The van der Waals surface area contributed by atoms with Crippen molar-refractivity contribution in [2.24, 2.45) is 28.1 Å². The number of nitrogens with one attached hydrogen (secondary N) is 2. The number of piperidine rings is 1. The minimum Gasteiger partial charge on any atom is -0.353 e. The monoisotopic (exact) mass is 304 g/mol. The van der Waals surface area contributed by atoms with Crippen molar-refractivity contribution in [2.75, 3.05) is 13.1 Å². The zero-order valence-corrected chi connectivity index (χ0v) is 14.5. The van der Waals surface area contributed by atoms with Gasteiger partial charge in [-0.05, 0) is 80.7 Å². The molecule has 0 aromatic rings. The third-order valence-electron chi connectivity index (χ3n) is 7.68. The van der Waals surface area contributed by atoms with Gasteiger partial charge in [0.1, 0.15) is 0 Å². The Morgan fingerprint density at radius 1 is 1.09 bits per heavy atom. The molecule has 22 heavy (non-hydrogen) atoms. The van der Waals surface area contributed by atoms with E-state index in [-0.39, 0.29) is 5.41 Å². The summed E-state index contributed by atoms with van der Waals surface area (Å²) in [4.78, 5) is 12.8. The van der Waals surface area contributed by atoms with Crippen LogP contribution in [0.15, 0.2) is 0 Å². The highest BCUT2D eigenvalue weighted by Crippen LogP contribution is 2.79. The lowest BCUT2D eigenvalue weighted by Crippen LogP contribution is -2.72. The molecule has 1 aliphatic heterocycles. The lowest BCUT2D eigenvalue weighted by Gasteiger charge is -2.74. The van der Waals surface area contributed by atoms with Gasteiger partial charge in [-0.2, -0.15) is 0 Å². The first-order chi connectivity index (χ1) is 10.3. The molecule has 0 aromatic carbocycles.